The van der Waals surface area contributed by atoms with Gasteiger partial charge in [-0.05, 0) is 70.0 Å². The zero-order chi connectivity index (χ0) is 16.5. The standard InChI is InChI=1S/C21H41N/c1-7-9-10-11-12-20(18(4)15-17(3)8-2)21-16-19(21)13-14-22(5)6/h17,19-21H,4,7-16H2,1-3,5-6H3. The van der Waals surface area contributed by atoms with Gasteiger partial charge in [-0.15, -0.1) is 0 Å². The minimum absolute atomic E-state index is 0.810. The summed E-state index contributed by atoms with van der Waals surface area (Å²) in [6, 6.07) is 0. The fourth-order valence-corrected chi connectivity index (χ4v) is 3.78. The molecule has 1 saturated carbocycles. The Morgan fingerprint density at radius 3 is 2.50 bits per heavy atom. The summed E-state index contributed by atoms with van der Waals surface area (Å²) in [7, 11) is 4.39. The first-order valence-electron chi connectivity index (χ1n) is 9.81. The SMILES string of the molecule is C=C(CC(C)CC)C(CCCCCC)C1CC1CCN(C)C. The van der Waals surface area contributed by atoms with Crippen molar-refractivity contribution < 1.29 is 0 Å². The average Bonchev–Trinajstić information content (AvgIpc) is 3.24. The first-order valence-corrected chi connectivity index (χ1v) is 9.81. The van der Waals surface area contributed by atoms with Gasteiger partial charge in [0.15, 0.2) is 0 Å². The van der Waals surface area contributed by atoms with Crippen LogP contribution >= 0.6 is 0 Å². The third kappa shape index (κ3) is 7.31. The van der Waals surface area contributed by atoms with E-state index in [1.165, 1.54) is 64.3 Å². The van der Waals surface area contributed by atoms with Crippen LogP contribution in [0.4, 0.5) is 0 Å². The van der Waals surface area contributed by atoms with E-state index in [0.717, 1.165) is 23.7 Å². The lowest BCUT2D eigenvalue weighted by Gasteiger charge is -2.23. The Labute approximate surface area is 140 Å². The van der Waals surface area contributed by atoms with Gasteiger partial charge in [-0.2, -0.15) is 0 Å². The number of nitrogens with zero attached hydrogens (tertiary/aromatic N) is 1. The van der Waals surface area contributed by atoms with Gasteiger partial charge < -0.3 is 4.90 Å². The molecule has 1 heteroatoms. The second-order valence-corrected chi connectivity index (χ2v) is 8.08. The van der Waals surface area contributed by atoms with E-state index in [0.29, 0.717) is 0 Å². The Kier molecular flexibility index (Phi) is 9.40. The normalized spacial score (nSPS) is 23.5. The molecule has 0 amide bonds. The molecule has 1 aliphatic rings. The maximum Gasteiger partial charge on any atom is -0.00221 e. The molecule has 1 aliphatic carbocycles. The van der Waals surface area contributed by atoms with Crippen LogP contribution in [0.25, 0.3) is 0 Å². The number of unbranched alkanes of at least 4 members (excludes halogenated alkanes) is 3. The second kappa shape index (κ2) is 10.5. The summed E-state index contributed by atoms with van der Waals surface area (Å²) < 4.78 is 0. The molecule has 0 heterocycles. The molecule has 22 heavy (non-hydrogen) atoms. The van der Waals surface area contributed by atoms with Gasteiger partial charge in [0.2, 0.25) is 0 Å². The zero-order valence-corrected chi connectivity index (χ0v) is 16.0. The van der Waals surface area contributed by atoms with Crippen molar-refractivity contribution in [3.8, 4) is 0 Å². The highest BCUT2D eigenvalue weighted by molar-refractivity contribution is 5.09. The molecule has 0 radical (unpaired) electrons. The van der Waals surface area contributed by atoms with Crippen molar-refractivity contribution in [2.75, 3.05) is 20.6 Å². The Bertz CT molecular complexity index is 307. The molecular formula is C21H41N. The first kappa shape index (κ1) is 19.7. The summed E-state index contributed by atoms with van der Waals surface area (Å²) in [5.41, 5.74) is 1.57. The Morgan fingerprint density at radius 2 is 1.91 bits per heavy atom. The van der Waals surface area contributed by atoms with Crippen molar-refractivity contribution in [3.05, 3.63) is 12.2 Å². The van der Waals surface area contributed by atoms with Gasteiger partial charge >= 0.3 is 0 Å². The van der Waals surface area contributed by atoms with E-state index in [2.05, 4.69) is 46.3 Å². The number of hydrogen-bond acceptors (Lipinski definition) is 1. The van der Waals surface area contributed by atoms with Gasteiger partial charge in [0, 0.05) is 0 Å². The molecule has 4 unspecified atom stereocenters. The lowest BCUT2D eigenvalue weighted by atomic mass is 9.83. The van der Waals surface area contributed by atoms with Crippen molar-refractivity contribution in [3.63, 3.8) is 0 Å². The Hall–Kier alpha value is -0.300. The van der Waals surface area contributed by atoms with Crippen LogP contribution in [-0.4, -0.2) is 25.5 Å². The van der Waals surface area contributed by atoms with Crippen LogP contribution in [0.15, 0.2) is 12.2 Å². The van der Waals surface area contributed by atoms with Crippen LogP contribution in [-0.2, 0) is 0 Å². The van der Waals surface area contributed by atoms with Crippen molar-refractivity contribution in [2.24, 2.45) is 23.7 Å². The minimum atomic E-state index is 0.810. The third-order valence-electron chi connectivity index (χ3n) is 5.64. The molecule has 4 atom stereocenters. The Balaban J connectivity index is 2.46. The number of allylic oxidation sites excluding steroid dienone is 1. The highest BCUT2D eigenvalue weighted by Gasteiger charge is 2.42. The monoisotopic (exact) mass is 307 g/mol. The molecule has 0 N–H and O–H groups in total. The van der Waals surface area contributed by atoms with Crippen molar-refractivity contribution in [2.45, 2.75) is 78.6 Å². The molecule has 0 bridgehead atoms. The zero-order valence-electron chi connectivity index (χ0n) is 16.0. The fraction of sp³-hybridized carbons (Fsp3) is 0.905. The molecule has 130 valence electrons. The van der Waals surface area contributed by atoms with E-state index in [-0.39, 0.29) is 0 Å². The van der Waals surface area contributed by atoms with E-state index in [1.807, 2.05) is 0 Å². The lowest BCUT2D eigenvalue weighted by Crippen LogP contribution is -2.15. The lowest BCUT2D eigenvalue weighted by molar-refractivity contribution is 0.362. The molecule has 0 spiro atoms. The minimum Gasteiger partial charge on any atom is -0.309 e. The van der Waals surface area contributed by atoms with Gasteiger partial charge in [-0.3, -0.25) is 0 Å². The van der Waals surface area contributed by atoms with E-state index < -0.39 is 0 Å². The predicted octanol–water partition coefficient (Wildman–Crippen LogP) is 6.15. The van der Waals surface area contributed by atoms with E-state index in [4.69, 9.17) is 0 Å². The van der Waals surface area contributed by atoms with E-state index >= 15 is 0 Å². The molecule has 0 aromatic carbocycles. The first-order chi connectivity index (χ1) is 10.5. The molecule has 0 saturated heterocycles. The summed E-state index contributed by atoms with van der Waals surface area (Å²) in [5, 5.41) is 0. The van der Waals surface area contributed by atoms with Gasteiger partial charge in [0.1, 0.15) is 0 Å². The van der Waals surface area contributed by atoms with Crippen LogP contribution in [0, 0.1) is 23.7 Å². The van der Waals surface area contributed by atoms with Crippen LogP contribution in [0.3, 0.4) is 0 Å². The van der Waals surface area contributed by atoms with E-state index in [9.17, 15) is 0 Å². The van der Waals surface area contributed by atoms with Gasteiger partial charge in [0.05, 0.1) is 0 Å². The van der Waals surface area contributed by atoms with E-state index in [1.54, 1.807) is 5.57 Å². The summed E-state index contributed by atoms with van der Waals surface area (Å²) in [5.74, 6) is 3.56. The van der Waals surface area contributed by atoms with Crippen LogP contribution in [0.5, 0.6) is 0 Å². The average molecular weight is 308 g/mol. The van der Waals surface area contributed by atoms with Crippen LogP contribution < -0.4 is 0 Å². The second-order valence-electron chi connectivity index (χ2n) is 8.08. The third-order valence-corrected chi connectivity index (χ3v) is 5.64. The maximum atomic E-state index is 4.52. The highest BCUT2D eigenvalue weighted by atomic mass is 15.0. The van der Waals surface area contributed by atoms with Crippen LogP contribution in [0.2, 0.25) is 0 Å². The number of hydrogen-bond donors (Lipinski definition) is 0. The quantitative estimate of drug-likeness (QED) is 0.291. The molecule has 0 aliphatic heterocycles. The largest absolute Gasteiger partial charge is 0.309 e. The maximum absolute atomic E-state index is 4.52. The van der Waals surface area contributed by atoms with Gasteiger partial charge in [-0.25, -0.2) is 0 Å². The summed E-state index contributed by atoms with van der Waals surface area (Å²) in [6.07, 6.45) is 12.4. The molecule has 1 nitrogen and oxygen atoms in total. The summed E-state index contributed by atoms with van der Waals surface area (Å²) >= 11 is 0. The van der Waals surface area contributed by atoms with Crippen molar-refractivity contribution >= 4 is 0 Å². The molecule has 0 aromatic rings. The molecule has 1 rings (SSSR count). The van der Waals surface area contributed by atoms with Crippen molar-refractivity contribution in [1.29, 1.82) is 0 Å². The molecule has 0 aromatic heterocycles. The van der Waals surface area contributed by atoms with Crippen molar-refractivity contribution in [1.82, 2.24) is 4.90 Å². The summed E-state index contributed by atoms with van der Waals surface area (Å²) in [4.78, 5) is 2.33. The van der Waals surface area contributed by atoms with Gasteiger partial charge in [-0.1, -0.05) is 65.0 Å². The fourth-order valence-electron chi connectivity index (χ4n) is 3.78. The Morgan fingerprint density at radius 1 is 1.18 bits per heavy atom. The topological polar surface area (TPSA) is 3.24 Å². The number of rotatable bonds is 13. The van der Waals surface area contributed by atoms with Crippen LogP contribution in [0.1, 0.15) is 78.6 Å². The molecular weight excluding hydrogens is 266 g/mol. The molecule has 1 fully saturated rings. The van der Waals surface area contributed by atoms with Gasteiger partial charge in [0.25, 0.3) is 0 Å². The summed E-state index contributed by atoms with van der Waals surface area (Å²) in [6.45, 7) is 12.8. The predicted molar refractivity (Wildman–Crippen MR) is 100 cm³/mol. The highest BCUT2D eigenvalue weighted by Crippen LogP contribution is 2.51. The smallest absolute Gasteiger partial charge is 0.00221 e.